The van der Waals surface area contributed by atoms with Crippen LogP contribution in [0.5, 0.6) is 5.75 Å². The summed E-state index contributed by atoms with van der Waals surface area (Å²) < 4.78 is 11.6. The minimum absolute atomic E-state index is 0.199. The van der Waals surface area contributed by atoms with Crippen LogP contribution in [0, 0.1) is 0 Å². The van der Waals surface area contributed by atoms with Crippen molar-refractivity contribution < 1.29 is 19.1 Å². The van der Waals surface area contributed by atoms with E-state index in [0.717, 1.165) is 28.3 Å². The Morgan fingerprint density at radius 3 is 2.51 bits per heavy atom. The Bertz CT molecular complexity index is 1340. The first kappa shape index (κ1) is 22.6. The van der Waals surface area contributed by atoms with Crippen molar-refractivity contribution in [2.75, 3.05) is 7.11 Å². The van der Waals surface area contributed by atoms with Crippen LogP contribution in [0.2, 0.25) is 0 Å². The van der Waals surface area contributed by atoms with E-state index in [9.17, 15) is 9.90 Å². The fourth-order valence-electron chi connectivity index (χ4n) is 4.26. The van der Waals surface area contributed by atoms with Gasteiger partial charge in [0.05, 0.1) is 24.4 Å². The van der Waals surface area contributed by atoms with Gasteiger partial charge in [0.15, 0.2) is 5.11 Å². The van der Waals surface area contributed by atoms with Gasteiger partial charge in [-0.05, 0) is 66.3 Å². The zero-order chi connectivity index (χ0) is 24.4. The number of aromatic carboxylic acids is 1. The molecule has 1 aliphatic rings. The third-order valence-corrected chi connectivity index (χ3v) is 6.40. The van der Waals surface area contributed by atoms with Crippen molar-refractivity contribution in [3.05, 3.63) is 108 Å². The van der Waals surface area contributed by atoms with E-state index in [1.54, 1.807) is 37.6 Å². The van der Waals surface area contributed by atoms with Gasteiger partial charge in [0.1, 0.15) is 23.3 Å². The molecule has 4 aromatic rings. The third kappa shape index (κ3) is 4.61. The number of carbonyl (C=O) groups is 1. The number of carboxylic acids is 1. The van der Waals surface area contributed by atoms with Gasteiger partial charge in [0.2, 0.25) is 0 Å². The minimum Gasteiger partial charge on any atom is -0.497 e. The van der Waals surface area contributed by atoms with Gasteiger partial charge in [-0.15, -0.1) is 0 Å². The molecular formula is C27H23N3O4S. The molecular weight excluding hydrogens is 462 g/mol. The lowest BCUT2D eigenvalue weighted by molar-refractivity contribution is 0.0697. The van der Waals surface area contributed by atoms with Crippen molar-refractivity contribution in [2.45, 2.75) is 18.6 Å². The Hall–Kier alpha value is -4.17. The SMILES string of the molecule is COc1ccc(CN2C(=S)N[C@H](c3ccccn3)[C@H]2c2ccc(-c3ccc(C(=O)O)cc3)o2)cc1. The first-order valence-electron chi connectivity index (χ1n) is 11.1. The lowest BCUT2D eigenvalue weighted by atomic mass is 10.0. The van der Waals surface area contributed by atoms with Crippen molar-refractivity contribution in [3.8, 4) is 17.1 Å². The number of ether oxygens (including phenoxy) is 1. The van der Waals surface area contributed by atoms with Gasteiger partial charge in [0.25, 0.3) is 0 Å². The molecule has 7 nitrogen and oxygen atoms in total. The summed E-state index contributed by atoms with van der Waals surface area (Å²) in [5.74, 6) is 1.22. The quantitative estimate of drug-likeness (QED) is 0.345. The normalized spacial score (nSPS) is 17.3. The topological polar surface area (TPSA) is 87.8 Å². The fourth-order valence-corrected chi connectivity index (χ4v) is 4.56. The lowest BCUT2D eigenvalue weighted by Crippen LogP contribution is -2.29. The molecule has 0 saturated carbocycles. The number of hydrogen-bond acceptors (Lipinski definition) is 5. The molecule has 2 aromatic heterocycles. The molecule has 5 rings (SSSR count). The van der Waals surface area contributed by atoms with E-state index in [1.807, 2.05) is 54.6 Å². The number of pyridine rings is 1. The number of rotatable bonds is 7. The number of aromatic nitrogens is 1. The van der Waals surface area contributed by atoms with Crippen LogP contribution in [0.15, 0.2) is 89.5 Å². The van der Waals surface area contributed by atoms with Crippen molar-refractivity contribution in [3.63, 3.8) is 0 Å². The van der Waals surface area contributed by atoms with Crippen LogP contribution >= 0.6 is 12.2 Å². The average Bonchev–Trinajstić information content (AvgIpc) is 3.50. The van der Waals surface area contributed by atoms with Gasteiger partial charge >= 0.3 is 5.97 Å². The zero-order valence-corrected chi connectivity index (χ0v) is 19.7. The van der Waals surface area contributed by atoms with Gasteiger partial charge in [-0.1, -0.05) is 30.3 Å². The highest BCUT2D eigenvalue weighted by Crippen LogP contribution is 2.41. The van der Waals surface area contributed by atoms with Crippen LogP contribution in [0.25, 0.3) is 11.3 Å². The summed E-state index contributed by atoms with van der Waals surface area (Å²) in [6.45, 7) is 0.577. The highest BCUT2D eigenvalue weighted by atomic mass is 32.1. The van der Waals surface area contributed by atoms with E-state index in [4.69, 9.17) is 21.4 Å². The van der Waals surface area contributed by atoms with Gasteiger partial charge in [0, 0.05) is 18.3 Å². The molecule has 35 heavy (non-hydrogen) atoms. The molecule has 0 aliphatic carbocycles. The molecule has 3 heterocycles. The number of methoxy groups -OCH3 is 1. The Balaban J connectivity index is 1.49. The Labute approximate surface area is 208 Å². The van der Waals surface area contributed by atoms with Crippen LogP contribution in [0.3, 0.4) is 0 Å². The summed E-state index contributed by atoms with van der Waals surface area (Å²) >= 11 is 5.75. The minimum atomic E-state index is -0.963. The summed E-state index contributed by atoms with van der Waals surface area (Å²) in [6, 6.07) is 23.7. The number of furan rings is 1. The van der Waals surface area contributed by atoms with E-state index in [1.165, 1.54) is 0 Å². The van der Waals surface area contributed by atoms with E-state index in [0.29, 0.717) is 17.4 Å². The molecule has 1 fully saturated rings. The van der Waals surface area contributed by atoms with Crippen molar-refractivity contribution in [1.29, 1.82) is 0 Å². The molecule has 176 valence electrons. The zero-order valence-electron chi connectivity index (χ0n) is 18.9. The predicted molar refractivity (Wildman–Crippen MR) is 135 cm³/mol. The monoisotopic (exact) mass is 485 g/mol. The summed E-state index contributed by atoms with van der Waals surface area (Å²) in [7, 11) is 1.64. The Morgan fingerprint density at radius 1 is 1.09 bits per heavy atom. The molecule has 2 N–H and O–H groups in total. The smallest absolute Gasteiger partial charge is 0.335 e. The fraction of sp³-hybridized carbons (Fsp3) is 0.148. The van der Waals surface area contributed by atoms with Crippen LogP contribution in [0.1, 0.15) is 39.5 Å². The predicted octanol–water partition coefficient (Wildman–Crippen LogP) is 5.22. The largest absolute Gasteiger partial charge is 0.497 e. The maximum atomic E-state index is 11.2. The molecule has 1 aliphatic heterocycles. The molecule has 2 atom stereocenters. The van der Waals surface area contributed by atoms with Crippen molar-refractivity contribution in [2.24, 2.45) is 0 Å². The van der Waals surface area contributed by atoms with Crippen LogP contribution in [-0.2, 0) is 6.54 Å². The van der Waals surface area contributed by atoms with Crippen LogP contribution in [0.4, 0.5) is 0 Å². The number of thiocarbonyl (C=S) groups is 1. The number of hydrogen-bond donors (Lipinski definition) is 2. The number of benzene rings is 2. The van der Waals surface area contributed by atoms with E-state index in [-0.39, 0.29) is 17.6 Å². The van der Waals surface area contributed by atoms with Crippen LogP contribution in [-0.4, -0.2) is 33.2 Å². The number of carboxylic acid groups (broad SMARTS) is 1. The molecule has 0 spiro atoms. The molecule has 1 saturated heterocycles. The molecule has 0 radical (unpaired) electrons. The van der Waals surface area contributed by atoms with Gasteiger partial charge < -0.3 is 24.5 Å². The van der Waals surface area contributed by atoms with E-state index < -0.39 is 5.97 Å². The lowest BCUT2D eigenvalue weighted by Gasteiger charge is -2.26. The first-order chi connectivity index (χ1) is 17.0. The Kier molecular flexibility index (Phi) is 6.20. The number of nitrogens with one attached hydrogen (secondary N) is 1. The summed E-state index contributed by atoms with van der Waals surface area (Å²) in [5.41, 5.74) is 2.97. The molecule has 0 amide bonds. The van der Waals surface area contributed by atoms with Gasteiger partial charge in [-0.25, -0.2) is 4.79 Å². The maximum absolute atomic E-state index is 11.2. The van der Waals surface area contributed by atoms with Crippen molar-refractivity contribution in [1.82, 2.24) is 15.2 Å². The second kappa shape index (κ2) is 9.60. The van der Waals surface area contributed by atoms with Crippen LogP contribution < -0.4 is 10.1 Å². The second-order valence-electron chi connectivity index (χ2n) is 8.19. The molecule has 8 heteroatoms. The Morgan fingerprint density at radius 2 is 1.86 bits per heavy atom. The number of nitrogens with zero attached hydrogens (tertiary/aromatic N) is 2. The molecule has 2 aromatic carbocycles. The van der Waals surface area contributed by atoms with Gasteiger partial charge in [-0.2, -0.15) is 0 Å². The van der Waals surface area contributed by atoms with E-state index >= 15 is 0 Å². The summed E-state index contributed by atoms with van der Waals surface area (Å²) in [6.07, 6.45) is 1.76. The van der Waals surface area contributed by atoms with Gasteiger partial charge in [-0.3, -0.25) is 4.98 Å². The first-order valence-corrected chi connectivity index (χ1v) is 11.5. The molecule has 0 bridgehead atoms. The van der Waals surface area contributed by atoms with E-state index in [2.05, 4.69) is 15.2 Å². The summed E-state index contributed by atoms with van der Waals surface area (Å²) in [5, 5.41) is 13.2. The highest BCUT2D eigenvalue weighted by molar-refractivity contribution is 7.80. The highest BCUT2D eigenvalue weighted by Gasteiger charge is 2.41. The average molecular weight is 486 g/mol. The standard InChI is InChI=1S/C27H23N3O4S/c1-33-20-11-5-17(6-12-20)16-30-25(24(29-27(30)35)21-4-2-3-15-28-21)23-14-13-22(34-23)18-7-9-19(10-8-18)26(31)32/h2-15,24-25H,16H2,1H3,(H,29,35)(H,31,32)/t24-,25-/m1/s1. The summed E-state index contributed by atoms with van der Waals surface area (Å²) in [4.78, 5) is 17.9. The third-order valence-electron chi connectivity index (χ3n) is 6.04. The van der Waals surface area contributed by atoms with Crippen molar-refractivity contribution >= 4 is 23.3 Å². The maximum Gasteiger partial charge on any atom is 0.335 e. The second-order valence-corrected chi connectivity index (χ2v) is 8.57. The molecule has 0 unspecified atom stereocenters.